The average Bonchev–Trinajstić information content (AvgIpc) is 2.74. The summed E-state index contributed by atoms with van der Waals surface area (Å²) in [6.07, 6.45) is 6.61. The van der Waals surface area contributed by atoms with Gasteiger partial charge in [-0.2, -0.15) is 0 Å². The van der Waals surface area contributed by atoms with Gasteiger partial charge >= 0.3 is 6.03 Å². The van der Waals surface area contributed by atoms with Gasteiger partial charge in [0.25, 0.3) is 0 Å². The largest absolute Gasteiger partial charge is 0.496 e. The van der Waals surface area contributed by atoms with E-state index in [4.69, 9.17) is 10.5 Å². The van der Waals surface area contributed by atoms with Crippen LogP contribution in [0.3, 0.4) is 0 Å². The number of primary amides is 1. The molecule has 7 nitrogen and oxygen atoms in total. The van der Waals surface area contributed by atoms with Crippen LogP contribution in [0.4, 0.5) is 16.2 Å². The molecule has 1 aliphatic heterocycles. The highest BCUT2D eigenvalue weighted by Gasteiger charge is 2.38. The number of aromatic nitrogens is 1. The Morgan fingerprint density at radius 2 is 1.87 bits per heavy atom. The number of carbonyl (C=O) groups is 2. The van der Waals surface area contributed by atoms with E-state index in [1.165, 1.54) is 0 Å². The third-order valence-corrected chi connectivity index (χ3v) is 6.45. The molecule has 1 aromatic carbocycles. The number of amides is 3. The summed E-state index contributed by atoms with van der Waals surface area (Å²) in [6, 6.07) is 5.82. The monoisotopic (exact) mass is 408 g/mol. The van der Waals surface area contributed by atoms with Crippen molar-refractivity contribution in [2.45, 2.75) is 52.1 Å². The topological polar surface area (TPSA) is 88.8 Å². The number of methoxy groups -OCH3 is 1. The first-order valence-electron chi connectivity index (χ1n) is 10.4. The number of urea groups is 1. The fourth-order valence-electron chi connectivity index (χ4n) is 4.60. The Morgan fingerprint density at radius 1 is 1.13 bits per heavy atom. The van der Waals surface area contributed by atoms with Gasteiger partial charge in [-0.15, -0.1) is 0 Å². The van der Waals surface area contributed by atoms with Gasteiger partial charge in [-0.3, -0.25) is 14.7 Å². The lowest BCUT2D eigenvalue weighted by Gasteiger charge is -2.43. The van der Waals surface area contributed by atoms with Crippen molar-refractivity contribution >= 4 is 23.3 Å². The molecule has 2 aromatic rings. The number of nitrogens with zero attached hydrogens (tertiary/aromatic N) is 3. The Kier molecular flexibility index (Phi) is 5.37. The summed E-state index contributed by atoms with van der Waals surface area (Å²) in [5, 5.41) is 0. The Balaban J connectivity index is 1.72. The molecule has 4 rings (SSSR count). The SMILES string of the molecule is COc1cc(N2C(=O)N(C3CCC(C(N)=O)CC3)Cc3c(C)cncc32)ccc1C. The van der Waals surface area contributed by atoms with Crippen molar-refractivity contribution in [1.82, 2.24) is 9.88 Å². The fourth-order valence-corrected chi connectivity index (χ4v) is 4.60. The molecular formula is C23H28N4O3. The molecule has 2 aliphatic rings. The Morgan fingerprint density at radius 3 is 2.53 bits per heavy atom. The van der Waals surface area contributed by atoms with Crippen LogP contribution in [0.15, 0.2) is 30.6 Å². The van der Waals surface area contributed by atoms with Gasteiger partial charge < -0.3 is 15.4 Å². The zero-order chi connectivity index (χ0) is 21.4. The van der Waals surface area contributed by atoms with Crippen LogP contribution in [0, 0.1) is 19.8 Å². The second-order valence-electron chi connectivity index (χ2n) is 8.26. The zero-order valence-corrected chi connectivity index (χ0v) is 17.7. The molecule has 7 heteroatoms. The van der Waals surface area contributed by atoms with Gasteiger partial charge in [-0.05, 0) is 56.7 Å². The van der Waals surface area contributed by atoms with Crippen molar-refractivity contribution in [3.8, 4) is 5.75 Å². The highest BCUT2D eigenvalue weighted by atomic mass is 16.5. The number of carbonyl (C=O) groups excluding carboxylic acids is 2. The van der Waals surface area contributed by atoms with E-state index < -0.39 is 0 Å². The molecule has 0 radical (unpaired) electrons. The molecule has 0 atom stereocenters. The number of nitrogens with two attached hydrogens (primary N) is 1. The number of ether oxygens (including phenoxy) is 1. The fraction of sp³-hybridized carbons (Fsp3) is 0.435. The van der Waals surface area contributed by atoms with Gasteiger partial charge in [-0.25, -0.2) is 4.79 Å². The number of anilines is 2. The average molecular weight is 409 g/mol. The van der Waals surface area contributed by atoms with Gasteiger partial charge in [-0.1, -0.05) is 6.07 Å². The number of fused-ring (bicyclic) bond motifs is 1. The standard InChI is InChI=1S/C23H28N4O3/c1-14-4-7-18(10-21(14)30-3)27-20-12-25-11-15(2)19(20)13-26(23(27)29)17-8-5-16(6-9-17)22(24)28/h4,7,10-12,16-17H,5-6,8-9,13H2,1-3H3,(H2,24,28). The normalized spacial score (nSPS) is 21.4. The van der Waals surface area contributed by atoms with Crippen LogP contribution in [-0.2, 0) is 11.3 Å². The first kappa shape index (κ1) is 20.2. The van der Waals surface area contributed by atoms with E-state index in [2.05, 4.69) is 4.98 Å². The van der Waals surface area contributed by atoms with E-state index in [1.54, 1.807) is 18.2 Å². The van der Waals surface area contributed by atoms with Crippen LogP contribution in [0.2, 0.25) is 0 Å². The number of benzene rings is 1. The molecule has 1 aliphatic carbocycles. The van der Waals surface area contributed by atoms with Gasteiger partial charge in [0, 0.05) is 29.8 Å². The summed E-state index contributed by atoms with van der Waals surface area (Å²) in [6.45, 7) is 4.55. The third kappa shape index (κ3) is 3.49. The molecular weight excluding hydrogens is 380 g/mol. The van der Waals surface area contributed by atoms with Crippen molar-refractivity contribution in [3.63, 3.8) is 0 Å². The second-order valence-corrected chi connectivity index (χ2v) is 8.26. The van der Waals surface area contributed by atoms with Crippen molar-refractivity contribution in [2.24, 2.45) is 11.7 Å². The molecule has 158 valence electrons. The number of hydrogen-bond donors (Lipinski definition) is 1. The molecule has 0 unspecified atom stereocenters. The summed E-state index contributed by atoms with van der Waals surface area (Å²) in [5.41, 5.74) is 10.2. The number of pyridine rings is 1. The Bertz CT molecular complexity index is 982. The second kappa shape index (κ2) is 7.97. The molecule has 2 heterocycles. The summed E-state index contributed by atoms with van der Waals surface area (Å²) in [5.74, 6) is 0.414. The molecule has 1 saturated carbocycles. The lowest BCUT2D eigenvalue weighted by atomic mass is 9.84. The predicted molar refractivity (Wildman–Crippen MR) is 115 cm³/mol. The van der Waals surface area contributed by atoms with Crippen molar-refractivity contribution in [3.05, 3.63) is 47.3 Å². The summed E-state index contributed by atoms with van der Waals surface area (Å²) in [4.78, 5) is 33.3. The third-order valence-electron chi connectivity index (χ3n) is 6.45. The van der Waals surface area contributed by atoms with Crippen LogP contribution in [-0.4, -0.2) is 35.0 Å². The summed E-state index contributed by atoms with van der Waals surface area (Å²) < 4.78 is 5.49. The van der Waals surface area contributed by atoms with E-state index in [-0.39, 0.29) is 23.9 Å². The van der Waals surface area contributed by atoms with Crippen LogP contribution < -0.4 is 15.4 Å². The number of aryl methyl sites for hydroxylation is 2. The van der Waals surface area contributed by atoms with Crippen LogP contribution >= 0.6 is 0 Å². The summed E-state index contributed by atoms with van der Waals surface area (Å²) >= 11 is 0. The van der Waals surface area contributed by atoms with Crippen LogP contribution in [0.1, 0.15) is 42.4 Å². The molecule has 0 saturated heterocycles. The minimum Gasteiger partial charge on any atom is -0.496 e. The molecule has 0 spiro atoms. The highest BCUT2D eigenvalue weighted by molar-refractivity contribution is 6.02. The smallest absolute Gasteiger partial charge is 0.329 e. The minimum absolute atomic E-state index is 0.0664. The van der Waals surface area contributed by atoms with Crippen molar-refractivity contribution < 1.29 is 14.3 Å². The van der Waals surface area contributed by atoms with E-state index in [1.807, 2.05) is 43.1 Å². The first-order chi connectivity index (χ1) is 14.4. The maximum atomic E-state index is 13.7. The Labute approximate surface area is 176 Å². The molecule has 30 heavy (non-hydrogen) atoms. The first-order valence-corrected chi connectivity index (χ1v) is 10.4. The summed E-state index contributed by atoms with van der Waals surface area (Å²) in [7, 11) is 1.63. The van der Waals surface area contributed by atoms with E-state index in [9.17, 15) is 9.59 Å². The maximum absolute atomic E-state index is 13.7. The molecule has 1 aromatic heterocycles. The maximum Gasteiger partial charge on any atom is 0.329 e. The van der Waals surface area contributed by atoms with Crippen LogP contribution in [0.25, 0.3) is 0 Å². The molecule has 0 bridgehead atoms. The van der Waals surface area contributed by atoms with E-state index in [0.717, 1.165) is 59.5 Å². The molecule has 1 fully saturated rings. The van der Waals surface area contributed by atoms with Gasteiger partial charge in [0.15, 0.2) is 0 Å². The highest BCUT2D eigenvalue weighted by Crippen LogP contribution is 2.40. The lowest BCUT2D eigenvalue weighted by Crippen LogP contribution is -2.51. The predicted octanol–water partition coefficient (Wildman–Crippen LogP) is 3.82. The Hall–Kier alpha value is -3.09. The quantitative estimate of drug-likeness (QED) is 0.833. The lowest BCUT2D eigenvalue weighted by molar-refractivity contribution is -0.123. The number of rotatable bonds is 4. The van der Waals surface area contributed by atoms with Crippen molar-refractivity contribution in [1.29, 1.82) is 0 Å². The van der Waals surface area contributed by atoms with Gasteiger partial charge in [0.1, 0.15) is 5.75 Å². The van der Waals surface area contributed by atoms with E-state index >= 15 is 0 Å². The van der Waals surface area contributed by atoms with Crippen molar-refractivity contribution in [2.75, 3.05) is 12.0 Å². The van der Waals surface area contributed by atoms with E-state index in [0.29, 0.717) is 6.54 Å². The number of hydrogen-bond acceptors (Lipinski definition) is 4. The van der Waals surface area contributed by atoms with Crippen LogP contribution in [0.5, 0.6) is 5.75 Å². The minimum atomic E-state index is -0.237. The zero-order valence-electron chi connectivity index (χ0n) is 17.7. The molecule has 2 N–H and O–H groups in total. The van der Waals surface area contributed by atoms with Gasteiger partial charge in [0.2, 0.25) is 5.91 Å². The molecule has 3 amide bonds. The van der Waals surface area contributed by atoms with Gasteiger partial charge in [0.05, 0.1) is 31.2 Å².